The van der Waals surface area contributed by atoms with Crippen LogP contribution in [0.1, 0.15) is 16.2 Å². The maximum atomic E-state index is 14.2. The minimum absolute atomic E-state index is 0.0574. The number of amides is 1. The van der Waals surface area contributed by atoms with Gasteiger partial charge in [-0.3, -0.25) is 9.59 Å². The summed E-state index contributed by atoms with van der Waals surface area (Å²) in [6.07, 6.45) is 3.18. The van der Waals surface area contributed by atoms with Crippen LogP contribution in [0, 0.1) is 5.82 Å². The van der Waals surface area contributed by atoms with Gasteiger partial charge in [0.1, 0.15) is 11.6 Å². The zero-order valence-corrected chi connectivity index (χ0v) is 15.4. The van der Waals surface area contributed by atoms with Crippen molar-refractivity contribution >= 4 is 22.6 Å². The van der Waals surface area contributed by atoms with Gasteiger partial charge in [-0.2, -0.15) is 0 Å². The Morgan fingerprint density at radius 2 is 1.86 bits per heavy atom. The number of nitrogens with zero attached hydrogens (tertiary/aromatic N) is 3. The van der Waals surface area contributed by atoms with Crippen molar-refractivity contribution in [2.75, 3.05) is 6.54 Å². The number of nitrogens with one attached hydrogen (secondary N) is 1. The van der Waals surface area contributed by atoms with Gasteiger partial charge in [0, 0.05) is 30.2 Å². The average molecular weight is 388 g/mol. The van der Waals surface area contributed by atoms with Gasteiger partial charge in [-0.25, -0.2) is 9.37 Å². The number of hydrogen-bond donors (Lipinski definition) is 1. The molecule has 7 heteroatoms. The first-order chi connectivity index (χ1) is 14.1. The highest BCUT2D eigenvalue weighted by Crippen LogP contribution is 2.26. The second kappa shape index (κ2) is 6.70. The molecule has 5 rings (SSSR count). The maximum absolute atomic E-state index is 14.2. The van der Waals surface area contributed by atoms with Crippen molar-refractivity contribution in [1.82, 2.24) is 19.4 Å². The molecule has 2 aromatic heterocycles. The van der Waals surface area contributed by atoms with E-state index in [0.29, 0.717) is 18.6 Å². The number of hydrogen-bond acceptors (Lipinski definition) is 3. The van der Waals surface area contributed by atoms with Gasteiger partial charge in [-0.05, 0) is 17.7 Å². The molecule has 0 bridgehead atoms. The van der Waals surface area contributed by atoms with Crippen molar-refractivity contribution < 1.29 is 14.0 Å². The van der Waals surface area contributed by atoms with Crippen molar-refractivity contribution in [2.24, 2.45) is 0 Å². The van der Waals surface area contributed by atoms with E-state index in [1.807, 2.05) is 30.3 Å². The standard InChI is InChI=1S/C22H17FN4O2/c23-16-7-4-8-17-20(16)15(11-24-17)21(28)22(29)26-9-10-27-18(12-25-19(27)13-26)14-5-2-1-3-6-14/h1-8,11-12,24H,9-10,13H2. The van der Waals surface area contributed by atoms with Crippen LogP contribution in [0.5, 0.6) is 0 Å². The normalized spacial score (nSPS) is 13.5. The summed E-state index contributed by atoms with van der Waals surface area (Å²) in [4.78, 5) is 34.4. The molecule has 1 N–H and O–H groups in total. The van der Waals surface area contributed by atoms with Crippen LogP contribution >= 0.6 is 0 Å². The number of imidazole rings is 1. The molecule has 29 heavy (non-hydrogen) atoms. The second-order valence-electron chi connectivity index (χ2n) is 7.00. The highest BCUT2D eigenvalue weighted by Gasteiger charge is 2.30. The van der Waals surface area contributed by atoms with Crippen LogP contribution in [0.2, 0.25) is 0 Å². The summed E-state index contributed by atoms with van der Waals surface area (Å²) in [5.41, 5.74) is 2.58. The zero-order chi connectivity index (χ0) is 20.0. The predicted molar refractivity (Wildman–Crippen MR) is 106 cm³/mol. The van der Waals surface area contributed by atoms with Crippen LogP contribution in [-0.4, -0.2) is 37.7 Å². The van der Waals surface area contributed by atoms with E-state index in [9.17, 15) is 14.0 Å². The fourth-order valence-corrected chi connectivity index (χ4v) is 3.85. The van der Waals surface area contributed by atoms with Gasteiger partial charge in [-0.1, -0.05) is 36.4 Å². The summed E-state index contributed by atoms with van der Waals surface area (Å²) in [7, 11) is 0. The Labute approximate surface area is 165 Å². The Morgan fingerprint density at radius 1 is 1.03 bits per heavy atom. The molecular formula is C22H17FN4O2. The first-order valence-corrected chi connectivity index (χ1v) is 9.32. The molecule has 0 spiro atoms. The lowest BCUT2D eigenvalue weighted by molar-refractivity contribution is -0.127. The molecule has 2 aromatic carbocycles. The van der Waals surface area contributed by atoms with E-state index >= 15 is 0 Å². The molecular weight excluding hydrogens is 371 g/mol. The minimum Gasteiger partial charge on any atom is -0.360 e. The number of aromatic amines is 1. The Balaban J connectivity index is 1.41. The van der Waals surface area contributed by atoms with Crippen LogP contribution in [-0.2, 0) is 17.9 Å². The second-order valence-corrected chi connectivity index (χ2v) is 7.00. The number of H-pyrrole nitrogens is 1. The molecule has 4 aromatic rings. The lowest BCUT2D eigenvalue weighted by Crippen LogP contribution is -2.42. The molecule has 144 valence electrons. The summed E-state index contributed by atoms with van der Waals surface area (Å²) in [6.45, 7) is 1.17. The van der Waals surface area contributed by atoms with Crippen molar-refractivity contribution in [2.45, 2.75) is 13.1 Å². The smallest absolute Gasteiger partial charge is 0.295 e. The molecule has 0 saturated carbocycles. The van der Waals surface area contributed by atoms with Crippen LogP contribution in [0.3, 0.4) is 0 Å². The fraction of sp³-hybridized carbons (Fsp3) is 0.136. The number of halogens is 1. The maximum Gasteiger partial charge on any atom is 0.295 e. The van der Waals surface area contributed by atoms with Gasteiger partial charge in [0.2, 0.25) is 0 Å². The first kappa shape index (κ1) is 17.4. The van der Waals surface area contributed by atoms with E-state index in [0.717, 1.165) is 17.1 Å². The summed E-state index contributed by atoms with van der Waals surface area (Å²) in [5.74, 6) is -1.17. The van der Waals surface area contributed by atoms with Crippen LogP contribution < -0.4 is 0 Å². The minimum atomic E-state index is -0.718. The average Bonchev–Trinajstić information content (AvgIpc) is 3.38. The molecule has 0 unspecified atom stereocenters. The number of carbonyl (C=O) groups is 2. The third-order valence-electron chi connectivity index (χ3n) is 5.31. The summed E-state index contributed by atoms with van der Waals surface area (Å²) < 4.78 is 16.3. The molecule has 3 heterocycles. The first-order valence-electron chi connectivity index (χ1n) is 9.32. The number of rotatable bonds is 3. The van der Waals surface area contributed by atoms with Gasteiger partial charge in [0.05, 0.1) is 24.0 Å². The predicted octanol–water partition coefficient (Wildman–Crippen LogP) is 3.40. The molecule has 0 aliphatic carbocycles. The van der Waals surface area contributed by atoms with Crippen LogP contribution in [0.4, 0.5) is 4.39 Å². The monoisotopic (exact) mass is 388 g/mol. The lowest BCUT2D eigenvalue weighted by atomic mass is 10.1. The number of aromatic nitrogens is 3. The third-order valence-corrected chi connectivity index (χ3v) is 5.31. The van der Waals surface area contributed by atoms with E-state index in [4.69, 9.17) is 0 Å². The third kappa shape index (κ3) is 2.82. The van der Waals surface area contributed by atoms with Crippen LogP contribution in [0.25, 0.3) is 22.2 Å². The lowest BCUT2D eigenvalue weighted by Gasteiger charge is -2.28. The van der Waals surface area contributed by atoms with E-state index in [1.54, 1.807) is 18.3 Å². The molecule has 0 atom stereocenters. The number of carbonyl (C=O) groups excluding carboxylic acids is 2. The quantitative estimate of drug-likeness (QED) is 0.432. The van der Waals surface area contributed by atoms with Crippen molar-refractivity contribution in [3.8, 4) is 11.3 Å². The largest absolute Gasteiger partial charge is 0.360 e. The zero-order valence-electron chi connectivity index (χ0n) is 15.4. The highest BCUT2D eigenvalue weighted by molar-refractivity contribution is 6.44. The van der Waals surface area contributed by atoms with Crippen molar-refractivity contribution in [3.63, 3.8) is 0 Å². The molecule has 0 fully saturated rings. The van der Waals surface area contributed by atoms with Gasteiger partial charge < -0.3 is 14.5 Å². The SMILES string of the molecule is O=C(C(=O)N1CCn2c(-c3ccccc3)cnc2C1)c1c[nH]c2cccc(F)c12. The van der Waals surface area contributed by atoms with Gasteiger partial charge in [0.15, 0.2) is 0 Å². The number of Topliss-reactive ketones (excluding diaryl/α,β-unsaturated/α-hetero) is 1. The van der Waals surface area contributed by atoms with Gasteiger partial charge in [-0.15, -0.1) is 0 Å². The molecule has 1 aliphatic rings. The molecule has 0 saturated heterocycles. The van der Waals surface area contributed by atoms with E-state index in [1.165, 1.54) is 17.2 Å². The Kier molecular flexibility index (Phi) is 4.01. The Morgan fingerprint density at radius 3 is 2.69 bits per heavy atom. The van der Waals surface area contributed by atoms with E-state index in [2.05, 4.69) is 14.5 Å². The Hall–Kier alpha value is -3.74. The summed E-state index contributed by atoms with van der Waals surface area (Å²) >= 11 is 0. The van der Waals surface area contributed by atoms with Crippen molar-refractivity contribution in [1.29, 1.82) is 0 Å². The molecule has 6 nitrogen and oxygen atoms in total. The van der Waals surface area contributed by atoms with E-state index in [-0.39, 0.29) is 17.5 Å². The molecule has 0 radical (unpaired) electrons. The van der Waals surface area contributed by atoms with E-state index < -0.39 is 17.5 Å². The number of fused-ring (bicyclic) bond motifs is 2. The fourth-order valence-electron chi connectivity index (χ4n) is 3.85. The van der Waals surface area contributed by atoms with Crippen LogP contribution in [0.15, 0.2) is 60.9 Å². The number of benzene rings is 2. The van der Waals surface area contributed by atoms with Gasteiger partial charge in [0.25, 0.3) is 11.7 Å². The van der Waals surface area contributed by atoms with Crippen molar-refractivity contribution in [3.05, 3.63) is 78.1 Å². The number of ketones is 1. The summed E-state index contributed by atoms with van der Waals surface area (Å²) in [6, 6.07) is 14.4. The molecule has 1 aliphatic heterocycles. The van der Waals surface area contributed by atoms with Gasteiger partial charge >= 0.3 is 0 Å². The topological polar surface area (TPSA) is 71.0 Å². The molecule has 1 amide bonds. The Bertz CT molecular complexity index is 1240. The summed E-state index contributed by atoms with van der Waals surface area (Å²) in [5, 5.41) is 0.149. The highest BCUT2D eigenvalue weighted by atomic mass is 19.1.